The molecular formula is C19H21N5O. The van der Waals surface area contributed by atoms with Gasteiger partial charge in [0.05, 0.1) is 18.7 Å². The first kappa shape index (κ1) is 15.5. The van der Waals surface area contributed by atoms with Gasteiger partial charge in [-0.2, -0.15) is 4.98 Å². The Morgan fingerprint density at radius 1 is 1.16 bits per heavy atom. The summed E-state index contributed by atoms with van der Waals surface area (Å²) in [6.07, 6.45) is 0.837. The SMILES string of the molecule is CCOc1ccccc1[C@H]1C[C@@H](c2ccccc2)Nc2nc(N)nn21. The Bertz CT molecular complexity index is 861. The monoisotopic (exact) mass is 335 g/mol. The van der Waals surface area contributed by atoms with Crippen LogP contribution in [0.25, 0.3) is 0 Å². The third-order valence-electron chi connectivity index (χ3n) is 4.48. The second-order valence-corrected chi connectivity index (χ2v) is 6.07. The molecule has 0 fully saturated rings. The van der Waals surface area contributed by atoms with Gasteiger partial charge in [-0.3, -0.25) is 0 Å². The lowest BCUT2D eigenvalue weighted by molar-refractivity contribution is 0.325. The fourth-order valence-electron chi connectivity index (χ4n) is 3.40. The largest absolute Gasteiger partial charge is 0.494 e. The van der Waals surface area contributed by atoms with Gasteiger partial charge in [0.25, 0.3) is 0 Å². The third kappa shape index (κ3) is 2.91. The van der Waals surface area contributed by atoms with Gasteiger partial charge in [-0.05, 0) is 25.0 Å². The number of rotatable bonds is 4. The molecule has 0 saturated carbocycles. The Hall–Kier alpha value is -3.02. The minimum atomic E-state index is 0.00834. The zero-order chi connectivity index (χ0) is 17.2. The number of nitrogen functional groups attached to an aromatic ring is 1. The number of para-hydroxylation sites is 1. The van der Waals surface area contributed by atoms with Crippen LogP contribution >= 0.6 is 0 Å². The van der Waals surface area contributed by atoms with E-state index in [9.17, 15) is 0 Å². The van der Waals surface area contributed by atoms with Crippen LogP contribution < -0.4 is 15.8 Å². The molecule has 0 spiro atoms. The molecule has 0 bridgehead atoms. The van der Waals surface area contributed by atoms with Gasteiger partial charge in [0.2, 0.25) is 11.9 Å². The molecule has 0 unspecified atom stereocenters. The molecule has 6 nitrogen and oxygen atoms in total. The lowest BCUT2D eigenvalue weighted by atomic mass is 9.93. The highest BCUT2D eigenvalue weighted by Gasteiger charge is 2.32. The maximum Gasteiger partial charge on any atom is 0.241 e. The zero-order valence-corrected chi connectivity index (χ0v) is 14.1. The number of benzene rings is 2. The molecule has 0 amide bonds. The van der Waals surface area contributed by atoms with E-state index in [1.807, 2.05) is 48.0 Å². The van der Waals surface area contributed by atoms with E-state index in [4.69, 9.17) is 10.5 Å². The smallest absolute Gasteiger partial charge is 0.241 e. The van der Waals surface area contributed by atoms with Crippen molar-refractivity contribution in [3.05, 3.63) is 65.7 Å². The molecule has 3 aromatic rings. The van der Waals surface area contributed by atoms with Gasteiger partial charge in [0, 0.05) is 5.56 Å². The van der Waals surface area contributed by atoms with Crippen LogP contribution in [0.4, 0.5) is 11.9 Å². The van der Waals surface area contributed by atoms with Gasteiger partial charge in [-0.1, -0.05) is 48.5 Å². The topological polar surface area (TPSA) is 78.0 Å². The van der Waals surface area contributed by atoms with E-state index in [1.54, 1.807) is 0 Å². The number of aromatic nitrogens is 3. The summed E-state index contributed by atoms with van der Waals surface area (Å²) in [4.78, 5) is 4.36. The molecule has 0 saturated heterocycles. The average molecular weight is 335 g/mol. The molecule has 0 radical (unpaired) electrons. The Balaban J connectivity index is 1.78. The van der Waals surface area contributed by atoms with Crippen molar-refractivity contribution in [2.24, 2.45) is 0 Å². The number of nitrogens with one attached hydrogen (secondary N) is 1. The summed E-state index contributed by atoms with van der Waals surface area (Å²) in [5.41, 5.74) is 8.18. The van der Waals surface area contributed by atoms with Crippen LogP contribution in [-0.4, -0.2) is 21.4 Å². The lowest BCUT2D eigenvalue weighted by Gasteiger charge is -2.32. The standard InChI is InChI=1S/C19H21N5O/c1-2-25-17-11-7-6-10-14(17)16-12-15(13-8-4-3-5-9-13)21-19-22-18(20)23-24(16)19/h3-11,15-16H,2,12H2,1H3,(H3,20,21,22,23)/t15-,16+/m0/s1. The van der Waals surface area contributed by atoms with Gasteiger partial charge >= 0.3 is 0 Å². The lowest BCUT2D eigenvalue weighted by Crippen LogP contribution is -2.28. The number of hydrogen-bond donors (Lipinski definition) is 2. The van der Waals surface area contributed by atoms with Crippen molar-refractivity contribution in [2.45, 2.75) is 25.4 Å². The molecule has 25 heavy (non-hydrogen) atoms. The Kier molecular flexibility index (Phi) is 4.01. The van der Waals surface area contributed by atoms with E-state index < -0.39 is 0 Å². The second kappa shape index (κ2) is 6.47. The van der Waals surface area contributed by atoms with Crippen LogP contribution in [0.5, 0.6) is 5.75 Å². The molecule has 2 aromatic carbocycles. The molecule has 1 aliphatic heterocycles. The van der Waals surface area contributed by atoms with E-state index >= 15 is 0 Å². The van der Waals surface area contributed by atoms with Gasteiger partial charge in [-0.15, -0.1) is 5.10 Å². The van der Waals surface area contributed by atoms with Crippen molar-refractivity contribution >= 4 is 11.9 Å². The molecule has 3 N–H and O–H groups in total. The van der Waals surface area contributed by atoms with Gasteiger partial charge in [-0.25, -0.2) is 4.68 Å². The minimum Gasteiger partial charge on any atom is -0.494 e. The molecule has 4 rings (SSSR count). The van der Waals surface area contributed by atoms with Gasteiger partial charge in [0.1, 0.15) is 5.75 Å². The molecule has 0 aliphatic carbocycles. The van der Waals surface area contributed by atoms with Crippen molar-refractivity contribution in [3.63, 3.8) is 0 Å². The molecule has 128 valence electrons. The highest BCUT2D eigenvalue weighted by molar-refractivity contribution is 5.44. The number of nitrogens with two attached hydrogens (primary N) is 1. The first-order chi connectivity index (χ1) is 12.3. The summed E-state index contributed by atoms with van der Waals surface area (Å²) < 4.78 is 7.71. The molecule has 2 heterocycles. The number of nitrogens with zero attached hydrogens (tertiary/aromatic N) is 3. The summed E-state index contributed by atoms with van der Waals surface area (Å²) in [6, 6.07) is 18.6. The number of ether oxygens (including phenoxy) is 1. The van der Waals surface area contributed by atoms with E-state index in [1.165, 1.54) is 5.56 Å². The van der Waals surface area contributed by atoms with E-state index in [0.717, 1.165) is 17.7 Å². The molecule has 6 heteroatoms. The highest BCUT2D eigenvalue weighted by atomic mass is 16.5. The van der Waals surface area contributed by atoms with Gasteiger partial charge < -0.3 is 15.8 Å². The number of anilines is 2. The zero-order valence-electron chi connectivity index (χ0n) is 14.1. The van der Waals surface area contributed by atoms with Crippen LogP contribution in [0.15, 0.2) is 54.6 Å². The Labute approximate surface area is 146 Å². The van der Waals surface area contributed by atoms with Crippen molar-refractivity contribution in [2.75, 3.05) is 17.7 Å². The fourth-order valence-corrected chi connectivity index (χ4v) is 3.40. The van der Waals surface area contributed by atoms with E-state index in [-0.39, 0.29) is 18.0 Å². The summed E-state index contributed by atoms with van der Waals surface area (Å²) in [7, 11) is 0. The van der Waals surface area contributed by atoms with Crippen LogP contribution in [-0.2, 0) is 0 Å². The average Bonchev–Trinajstić information content (AvgIpc) is 3.02. The molecule has 1 aliphatic rings. The van der Waals surface area contributed by atoms with Gasteiger partial charge in [0.15, 0.2) is 0 Å². The summed E-state index contributed by atoms with van der Waals surface area (Å²) in [5.74, 6) is 1.84. The normalized spacial score (nSPS) is 19.1. The van der Waals surface area contributed by atoms with E-state index in [0.29, 0.717) is 12.6 Å². The van der Waals surface area contributed by atoms with E-state index in [2.05, 4.69) is 33.6 Å². The summed E-state index contributed by atoms with van der Waals surface area (Å²) >= 11 is 0. The predicted molar refractivity (Wildman–Crippen MR) is 97.6 cm³/mol. The predicted octanol–water partition coefficient (Wildman–Crippen LogP) is 3.41. The van der Waals surface area contributed by atoms with Crippen LogP contribution in [0.1, 0.15) is 36.6 Å². The third-order valence-corrected chi connectivity index (χ3v) is 4.48. The van der Waals surface area contributed by atoms with Crippen molar-refractivity contribution < 1.29 is 4.74 Å². The maximum absolute atomic E-state index is 5.87. The first-order valence-corrected chi connectivity index (χ1v) is 8.51. The van der Waals surface area contributed by atoms with Crippen molar-refractivity contribution in [3.8, 4) is 5.75 Å². The second-order valence-electron chi connectivity index (χ2n) is 6.07. The van der Waals surface area contributed by atoms with Crippen molar-refractivity contribution in [1.29, 1.82) is 0 Å². The number of hydrogen-bond acceptors (Lipinski definition) is 5. The van der Waals surface area contributed by atoms with Crippen molar-refractivity contribution in [1.82, 2.24) is 14.8 Å². The van der Waals surface area contributed by atoms with Crippen LogP contribution in [0, 0.1) is 0 Å². The minimum absolute atomic E-state index is 0.00834. The summed E-state index contributed by atoms with van der Waals surface area (Å²) in [5, 5.41) is 7.86. The molecular weight excluding hydrogens is 314 g/mol. The molecule has 2 atom stereocenters. The number of fused-ring (bicyclic) bond motifs is 1. The van der Waals surface area contributed by atoms with Crippen LogP contribution in [0.3, 0.4) is 0 Å². The highest BCUT2D eigenvalue weighted by Crippen LogP contribution is 2.40. The summed E-state index contributed by atoms with van der Waals surface area (Å²) in [6.45, 7) is 2.61. The quantitative estimate of drug-likeness (QED) is 0.764. The van der Waals surface area contributed by atoms with Crippen LogP contribution in [0.2, 0.25) is 0 Å². The maximum atomic E-state index is 5.87. The Morgan fingerprint density at radius 2 is 1.92 bits per heavy atom. The molecule has 1 aromatic heterocycles. The Morgan fingerprint density at radius 3 is 2.72 bits per heavy atom. The fraction of sp³-hybridized carbons (Fsp3) is 0.263. The first-order valence-electron chi connectivity index (χ1n) is 8.51.